The average molecular weight is 527 g/mol. The monoisotopic (exact) mass is 526 g/mol. The summed E-state index contributed by atoms with van der Waals surface area (Å²) >= 11 is 12.9. The van der Waals surface area contributed by atoms with Gasteiger partial charge in [0.1, 0.15) is 41.6 Å². The number of nitrogens with zero attached hydrogens (tertiary/aromatic N) is 6. The number of aromatic nitrogens is 5. The number of aliphatic hydroxyl groups is 2. The Balaban J connectivity index is 1.68. The number of aliphatic hydroxyl groups excluding tert-OH is 2. The van der Waals surface area contributed by atoms with Gasteiger partial charge in [-0.3, -0.25) is 0 Å². The number of halogens is 3. The highest BCUT2D eigenvalue weighted by atomic mass is 35.5. The Morgan fingerprint density at radius 1 is 1.35 bits per heavy atom. The molecule has 1 saturated heterocycles. The van der Waals surface area contributed by atoms with Gasteiger partial charge in [-0.2, -0.15) is 9.65 Å². The van der Waals surface area contributed by atoms with E-state index in [0.29, 0.717) is 9.92 Å². The summed E-state index contributed by atoms with van der Waals surface area (Å²) in [6.45, 7) is -0.491. The minimum Gasteiger partial charge on any atom is -0.394 e. The molecule has 3 aromatic heterocycles. The molecule has 0 aliphatic carbocycles. The Kier molecular flexibility index (Phi) is 7.63. The van der Waals surface area contributed by atoms with Crippen molar-refractivity contribution in [2.45, 2.75) is 34.7 Å². The van der Waals surface area contributed by atoms with Crippen LogP contribution in [0.1, 0.15) is 11.7 Å². The fourth-order valence-electron chi connectivity index (χ4n) is 3.53. The zero-order valence-electron chi connectivity index (χ0n) is 17.4. The van der Waals surface area contributed by atoms with Gasteiger partial charge in [-0.1, -0.05) is 40.2 Å². The molecule has 0 saturated carbocycles. The maximum atomic E-state index is 13.8. The molecule has 2 N–H and O–H groups in total. The SMILES string of the molecule is CO[C@@H]1[C@@H](n2cc(-c3ccc(Cl)c(F)n3)nn2)[C@@H](O)[C@@H](CO)O[C@@H]1Sc1cc(Cl)cnc1C#N. The molecular weight excluding hydrogens is 510 g/mol. The summed E-state index contributed by atoms with van der Waals surface area (Å²) in [5.74, 6) is -0.852. The van der Waals surface area contributed by atoms with Crippen LogP contribution in [0, 0.1) is 17.3 Å². The maximum Gasteiger partial charge on any atom is 0.232 e. The Bertz CT molecular complexity index is 1230. The lowest BCUT2D eigenvalue weighted by molar-refractivity contribution is -0.186. The minimum absolute atomic E-state index is 0.131. The molecule has 0 unspecified atom stereocenters. The van der Waals surface area contributed by atoms with Crippen molar-refractivity contribution in [1.82, 2.24) is 25.0 Å². The second-order valence-electron chi connectivity index (χ2n) is 7.19. The van der Waals surface area contributed by atoms with Crippen molar-refractivity contribution < 1.29 is 24.1 Å². The second-order valence-corrected chi connectivity index (χ2v) is 9.17. The van der Waals surface area contributed by atoms with Gasteiger partial charge in [0.15, 0.2) is 5.69 Å². The molecule has 0 amide bonds. The number of pyridine rings is 2. The van der Waals surface area contributed by atoms with Gasteiger partial charge in [-0.05, 0) is 18.2 Å². The number of thioether (sulfide) groups is 1. The Morgan fingerprint density at radius 3 is 2.82 bits per heavy atom. The molecule has 14 heteroatoms. The number of nitriles is 1. The predicted octanol–water partition coefficient (Wildman–Crippen LogP) is 2.48. The largest absolute Gasteiger partial charge is 0.394 e. The number of hydrogen-bond acceptors (Lipinski definition) is 10. The molecule has 0 spiro atoms. The Morgan fingerprint density at radius 2 is 2.15 bits per heavy atom. The van der Waals surface area contributed by atoms with E-state index in [9.17, 15) is 19.9 Å². The van der Waals surface area contributed by atoms with Gasteiger partial charge >= 0.3 is 0 Å². The summed E-state index contributed by atoms with van der Waals surface area (Å²) in [6.07, 6.45) is -0.209. The van der Waals surface area contributed by atoms with Crippen LogP contribution in [-0.2, 0) is 9.47 Å². The summed E-state index contributed by atoms with van der Waals surface area (Å²) in [7, 11) is 1.43. The van der Waals surface area contributed by atoms with Crippen LogP contribution >= 0.6 is 35.0 Å². The number of ether oxygens (including phenoxy) is 2. The summed E-state index contributed by atoms with van der Waals surface area (Å²) in [5.41, 5.74) is -0.228. The van der Waals surface area contributed by atoms with Crippen LogP contribution in [0.15, 0.2) is 35.5 Å². The molecule has 1 fully saturated rings. The highest BCUT2D eigenvalue weighted by Crippen LogP contribution is 2.40. The van der Waals surface area contributed by atoms with E-state index in [-0.39, 0.29) is 22.1 Å². The minimum atomic E-state index is -1.23. The van der Waals surface area contributed by atoms with Crippen LogP contribution in [0.2, 0.25) is 10.0 Å². The molecule has 0 radical (unpaired) electrons. The van der Waals surface area contributed by atoms with Crippen LogP contribution in [-0.4, -0.2) is 72.6 Å². The molecule has 3 aromatic rings. The van der Waals surface area contributed by atoms with Crippen molar-refractivity contribution in [2.24, 2.45) is 0 Å². The fraction of sp³-hybridized carbons (Fsp3) is 0.350. The lowest BCUT2D eigenvalue weighted by Crippen LogP contribution is -2.55. The van der Waals surface area contributed by atoms with Crippen LogP contribution in [0.5, 0.6) is 0 Å². The Labute approximate surface area is 207 Å². The van der Waals surface area contributed by atoms with Gasteiger partial charge in [-0.25, -0.2) is 14.6 Å². The molecular formula is C20H17Cl2FN6O4S. The zero-order chi connectivity index (χ0) is 24.4. The van der Waals surface area contributed by atoms with Crippen molar-refractivity contribution in [3.05, 3.63) is 52.3 Å². The molecule has 4 heterocycles. The molecule has 1 aliphatic rings. The topological polar surface area (TPSA) is 139 Å². The van der Waals surface area contributed by atoms with E-state index in [2.05, 4.69) is 20.3 Å². The average Bonchev–Trinajstić information content (AvgIpc) is 3.31. The molecule has 34 heavy (non-hydrogen) atoms. The first-order valence-electron chi connectivity index (χ1n) is 9.80. The van der Waals surface area contributed by atoms with E-state index < -0.39 is 42.3 Å². The van der Waals surface area contributed by atoms with E-state index >= 15 is 0 Å². The molecule has 178 valence electrons. The quantitative estimate of drug-likeness (QED) is 0.460. The number of methoxy groups -OCH3 is 1. The van der Waals surface area contributed by atoms with E-state index in [1.165, 1.54) is 36.3 Å². The Hall–Kier alpha value is -2.37. The van der Waals surface area contributed by atoms with Gasteiger partial charge in [-0.15, -0.1) is 5.10 Å². The summed E-state index contributed by atoms with van der Waals surface area (Å²) in [6, 6.07) is 5.53. The van der Waals surface area contributed by atoms with Gasteiger partial charge in [0, 0.05) is 18.2 Å². The fourth-order valence-corrected chi connectivity index (χ4v) is 5.12. The van der Waals surface area contributed by atoms with Gasteiger partial charge in [0.25, 0.3) is 0 Å². The molecule has 4 rings (SSSR count). The smallest absolute Gasteiger partial charge is 0.232 e. The van der Waals surface area contributed by atoms with Crippen molar-refractivity contribution in [3.8, 4) is 17.5 Å². The third-order valence-corrected chi connectivity index (χ3v) is 6.81. The van der Waals surface area contributed by atoms with E-state index in [1.807, 2.05) is 6.07 Å². The van der Waals surface area contributed by atoms with Crippen molar-refractivity contribution >= 4 is 35.0 Å². The van der Waals surface area contributed by atoms with Gasteiger partial charge < -0.3 is 19.7 Å². The van der Waals surface area contributed by atoms with E-state index in [4.69, 9.17) is 32.7 Å². The van der Waals surface area contributed by atoms with E-state index in [0.717, 1.165) is 11.8 Å². The van der Waals surface area contributed by atoms with Crippen LogP contribution in [0.3, 0.4) is 0 Å². The van der Waals surface area contributed by atoms with Gasteiger partial charge in [0.05, 0.1) is 28.5 Å². The second kappa shape index (κ2) is 10.5. The third kappa shape index (κ3) is 4.87. The van der Waals surface area contributed by atoms with Crippen molar-refractivity contribution in [3.63, 3.8) is 0 Å². The molecule has 0 aromatic carbocycles. The van der Waals surface area contributed by atoms with Crippen LogP contribution < -0.4 is 0 Å². The highest BCUT2D eigenvalue weighted by molar-refractivity contribution is 7.99. The summed E-state index contributed by atoms with van der Waals surface area (Å²) in [4.78, 5) is 8.21. The maximum absolute atomic E-state index is 13.8. The third-order valence-electron chi connectivity index (χ3n) is 5.15. The molecule has 5 atom stereocenters. The first kappa shape index (κ1) is 24.7. The predicted molar refractivity (Wildman–Crippen MR) is 120 cm³/mol. The summed E-state index contributed by atoms with van der Waals surface area (Å²) < 4.78 is 26.7. The first-order valence-corrected chi connectivity index (χ1v) is 11.4. The number of hydrogen-bond donors (Lipinski definition) is 2. The lowest BCUT2D eigenvalue weighted by atomic mass is 9.97. The van der Waals surface area contributed by atoms with Gasteiger partial charge in [0.2, 0.25) is 5.95 Å². The lowest BCUT2D eigenvalue weighted by Gasteiger charge is -2.43. The molecule has 1 aliphatic heterocycles. The molecule has 0 bridgehead atoms. The van der Waals surface area contributed by atoms with Crippen molar-refractivity contribution in [1.29, 1.82) is 5.26 Å². The standard InChI is InChI=1S/C20H17Cl2FN6O4S/c1-32-18-16(29-7-13(27-28-29)11-3-2-10(22)19(23)26-11)17(31)14(8-30)33-20(18)34-15-4-9(21)6-25-12(15)5-24/h2-4,6-7,14,16-18,20,30-31H,8H2,1H3/t14-,16+,17+,18-,20-/m1/s1. The molecule has 10 nitrogen and oxygen atoms in total. The first-order chi connectivity index (χ1) is 16.4. The van der Waals surface area contributed by atoms with Crippen LogP contribution in [0.4, 0.5) is 4.39 Å². The number of rotatable bonds is 6. The summed E-state index contributed by atoms with van der Waals surface area (Å²) in [5, 5.41) is 38.4. The van der Waals surface area contributed by atoms with Crippen molar-refractivity contribution in [2.75, 3.05) is 13.7 Å². The van der Waals surface area contributed by atoms with E-state index in [1.54, 1.807) is 6.07 Å². The zero-order valence-corrected chi connectivity index (χ0v) is 19.7. The van der Waals surface area contributed by atoms with Crippen LogP contribution in [0.25, 0.3) is 11.4 Å². The highest BCUT2D eigenvalue weighted by Gasteiger charge is 2.47. The normalized spacial score (nSPS) is 24.7.